The Morgan fingerprint density at radius 1 is 1.13 bits per heavy atom. The second kappa shape index (κ2) is 12.9. The van der Waals surface area contributed by atoms with Crippen LogP contribution >= 0.6 is 24.0 Å². The Balaban J connectivity index is 0.00000341. The predicted molar refractivity (Wildman–Crippen MR) is 133 cm³/mol. The molecule has 1 aromatic carbocycles. The third-order valence-corrected chi connectivity index (χ3v) is 5.58. The molecule has 31 heavy (non-hydrogen) atoms. The van der Waals surface area contributed by atoms with Crippen molar-refractivity contribution in [1.29, 1.82) is 0 Å². The van der Waals surface area contributed by atoms with Crippen LogP contribution in [0.1, 0.15) is 63.0 Å². The van der Waals surface area contributed by atoms with Crippen molar-refractivity contribution >= 4 is 41.8 Å². The van der Waals surface area contributed by atoms with Gasteiger partial charge in [-0.15, -0.1) is 24.0 Å². The third-order valence-electron chi connectivity index (χ3n) is 5.58. The molecule has 3 rings (SSSR count). The van der Waals surface area contributed by atoms with E-state index in [4.69, 9.17) is 9.73 Å². The summed E-state index contributed by atoms with van der Waals surface area (Å²) in [5, 5.41) is 6.46. The summed E-state index contributed by atoms with van der Waals surface area (Å²) in [4.78, 5) is 29.9. The Kier molecular flexibility index (Phi) is 10.6. The number of halogens is 1. The minimum Gasteiger partial charge on any atom is -0.490 e. The Hall–Kier alpha value is -1.84. The maximum atomic E-state index is 11.9. The number of nitrogens with one attached hydrogen (secondary N) is 2. The molecule has 1 saturated heterocycles. The molecule has 2 fully saturated rings. The van der Waals surface area contributed by atoms with Gasteiger partial charge >= 0.3 is 0 Å². The number of carbonyl (C=O) groups is 2. The number of imide groups is 1. The van der Waals surface area contributed by atoms with Crippen molar-refractivity contribution in [3.63, 3.8) is 0 Å². The lowest BCUT2D eigenvalue weighted by atomic mass is 10.1. The number of amides is 2. The molecule has 2 N–H and O–H groups in total. The van der Waals surface area contributed by atoms with Crippen LogP contribution in [0.25, 0.3) is 0 Å². The highest BCUT2D eigenvalue weighted by Gasteiger charge is 2.25. The van der Waals surface area contributed by atoms with Crippen LogP contribution in [0.2, 0.25) is 0 Å². The molecule has 0 radical (unpaired) electrons. The number of piperidine rings is 1. The van der Waals surface area contributed by atoms with Crippen molar-refractivity contribution in [3.8, 4) is 5.75 Å². The first kappa shape index (κ1) is 25.4. The van der Waals surface area contributed by atoms with Gasteiger partial charge in [0.15, 0.2) is 5.96 Å². The number of ether oxygens (including phenoxy) is 1. The highest BCUT2D eigenvalue weighted by Crippen LogP contribution is 2.28. The van der Waals surface area contributed by atoms with Crippen molar-refractivity contribution in [1.82, 2.24) is 15.5 Å². The van der Waals surface area contributed by atoms with E-state index in [1.165, 1.54) is 23.3 Å². The van der Waals surface area contributed by atoms with Gasteiger partial charge in [-0.05, 0) is 57.6 Å². The Morgan fingerprint density at radius 2 is 1.84 bits per heavy atom. The number of guanidine groups is 1. The molecule has 0 bridgehead atoms. The number of benzene rings is 1. The standard InChI is InChI=1S/C23H34N4O3.HI/c1-3-24-23(25-13-14-27-21(28)9-6-10-22(27)29)26-16-18-12-11-17(2)15-20(18)30-19-7-4-5-8-19;/h11-12,15,19H,3-10,13-14,16H2,1-2H3,(H2,24,25,26);1H. The number of hydrogen-bond acceptors (Lipinski definition) is 4. The van der Waals surface area contributed by atoms with E-state index < -0.39 is 0 Å². The van der Waals surface area contributed by atoms with Gasteiger partial charge < -0.3 is 15.4 Å². The van der Waals surface area contributed by atoms with Crippen LogP contribution in [-0.2, 0) is 16.1 Å². The van der Waals surface area contributed by atoms with Crippen LogP contribution in [0.3, 0.4) is 0 Å². The molecule has 0 spiro atoms. The fourth-order valence-corrected chi connectivity index (χ4v) is 3.93. The van der Waals surface area contributed by atoms with Gasteiger partial charge in [-0.3, -0.25) is 14.5 Å². The van der Waals surface area contributed by atoms with Crippen molar-refractivity contribution < 1.29 is 14.3 Å². The SMILES string of the molecule is CCNC(=NCc1ccc(C)cc1OC1CCCC1)NCCN1C(=O)CCCC1=O.I. The summed E-state index contributed by atoms with van der Waals surface area (Å²) in [6, 6.07) is 6.26. The number of rotatable bonds is 8. The predicted octanol–water partition coefficient (Wildman–Crippen LogP) is 3.53. The van der Waals surface area contributed by atoms with Crippen molar-refractivity contribution in [2.75, 3.05) is 19.6 Å². The summed E-state index contributed by atoms with van der Waals surface area (Å²) in [6.45, 7) is 6.15. The first-order chi connectivity index (χ1) is 14.6. The van der Waals surface area contributed by atoms with Crippen LogP contribution in [0.15, 0.2) is 23.2 Å². The van der Waals surface area contributed by atoms with Gasteiger partial charge in [-0.25, -0.2) is 4.99 Å². The number of aryl methyl sites for hydroxylation is 1. The molecule has 7 nitrogen and oxygen atoms in total. The average molecular weight is 542 g/mol. The summed E-state index contributed by atoms with van der Waals surface area (Å²) in [5.74, 6) is 1.43. The second-order valence-electron chi connectivity index (χ2n) is 8.05. The molecule has 0 aromatic heterocycles. The third kappa shape index (κ3) is 7.66. The highest BCUT2D eigenvalue weighted by atomic mass is 127. The Bertz CT molecular complexity index is 762. The molecular formula is C23H35IN4O3. The molecule has 1 saturated carbocycles. The van der Waals surface area contributed by atoms with E-state index in [9.17, 15) is 9.59 Å². The lowest BCUT2D eigenvalue weighted by molar-refractivity contribution is -0.147. The number of nitrogens with zero attached hydrogens (tertiary/aromatic N) is 2. The van der Waals surface area contributed by atoms with Crippen LogP contribution in [0.4, 0.5) is 0 Å². The second-order valence-corrected chi connectivity index (χ2v) is 8.05. The molecule has 0 atom stereocenters. The average Bonchev–Trinajstić information content (AvgIpc) is 3.22. The number of hydrogen-bond donors (Lipinski definition) is 2. The number of aliphatic imine (C=N–C) groups is 1. The summed E-state index contributed by atoms with van der Waals surface area (Å²) < 4.78 is 6.27. The van der Waals surface area contributed by atoms with Gasteiger partial charge in [0.1, 0.15) is 5.75 Å². The smallest absolute Gasteiger partial charge is 0.229 e. The molecule has 172 valence electrons. The zero-order valence-corrected chi connectivity index (χ0v) is 20.9. The molecule has 2 amide bonds. The minimum absolute atomic E-state index is 0. The topological polar surface area (TPSA) is 83.0 Å². The quantitative estimate of drug-likeness (QED) is 0.227. The van der Waals surface area contributed by atoms with Gasteiger partial charge in [0.25, 0.3) is 0 Å². The highest BCUT2D eigenvalue weighted by molar-refractivity contribution is 14.0. The van der Waals surface area contributed by atoms with E-state index in [-0.39, 0.29) is 35.8 Å². The summed E-state index contributed by atoms with van der Waals surface area (Å²) >= 11 is 0. The maximum absolute atomic E-state index is 11.9. The zero-order valence-electron chi connectivity index (χ0n) is 18.6. The fourth-order valence-electron chi connectivity index (χ4n) is 3.93. The van der Waals surface area contributed by atoms with Crippen LogP contribution in [0, 0.1) is 6.92 Å². The molecule has 1 aliphatic carbocycles. The molecular weight excluding hydrogens is 507 g/mol. The minimum atomic E-state index is -0.0802. The lowest BCUT2D eigenvalue weighted by Crippen LogP contribution is -2.46. The van der Waals surface area contributed by atoms with E-state index >= 15 is 0 Å². The molecule has 1 heterocycles. The van der Waals surface area contributed by atoms with Crippen LogP contribution in [0.5, 0.6) is 5.75 Å². The molecule has 8 heteroatoms. The van der Waals surface area contributed by atoms with Crippen molar-refractivity contribution in [2.24, 2.45) is 4.99 Å². The summed E-state index contributed by atoms with van der Waals surface area (Å²) in [7, 11) is 0. The van der Waals surface area contributed by atoms with E-state index in [0.717, 1.165) is 30.7 Å². The van der Waals surface area contributed by atoms with E-state index in [1.807, 2.05) is 6.92 Å². The van der Waals surface area contributed by atoms with E-state index in [2.05, 4.69) is 35.8 Å². The first-order valence-electron chi connectivity index (χ1n) is 11.2. The van der Waals surface area contributed by atoms with Gasteiger partial charge in [-0.1, -0.05) is 12.1 Å². The molecule has 0 unspecified atom stereocenters. The van der Waals surface area contributed by atoms with Crippen molar-refractivity contribution in [3.05, 3.63) is 29.3 Å². The zero-order chi connectivity index (χ0) is 21.3. The Morgan fingerprint density at radius 3 is 2.52 bits per heavy atom. The summed E-state index contributed by atoms with van der Waals surface area (Å²) in [5.41, 5.74) is 2.24. The van der Waals surface area contributed by atoms with Gasteiger partial charge in [-0.2, -0.15) is 0 Å². The maximum Gasteiger partial charge on any atom is 0.229 e. The van der Waals surface area contributed by atoms with Gasteiger partial charge in [0.2, 0.25) is 11.8 Å². The molecule has 2 aliphatic rings. The van der Waals surface area contributed by atoms with Gasteiger partial charge in [0, 0.05) is 38.0 Å². The summed E-state index contributed by atoms with van der Waals surface area (Å²) in [6.07, 6.45) is 6.59. The number of likely N-dealkylation sites (tertiary alicyclic amines) is 1. The Labute approximate surface area is 202 Å². The molecule has 1 aromatic rings. The van der Waals surface area contributed by atoms with E-state index in [0.29, 0.717) is 51.0 Å². The monoisotopic (exact) mass is 542 g/mol. The first-order valence-corrected chi connectivity index (χ1v) is 11.2. The van der Waals surface area contributed by atoms with Crippen LogP contribution < -0.4 is 15.4 Å². The van der Waals surface area contributed by atoms with Gasteiger partial charge in [0.05, 0.1) is 12.6 Å². The van der Waals surface area contributed by atoms with E-state index in [1.54, 1.807) is 0 Å². The number of carbonyl (C=O) groups excluding carboxylic acids is 2. The normalized spacial score (nSPS) is 17.5. The van der Waals surface area contributed by atoms with Crippen LogP contribution in [-0.4, -0.2) is 48.4 Å². The molecule has 1 aliphatic heterocycles. The van der Waals surface area contributed by atoms with Crippen molar-refractivity contribution in [2.45, 2.75) is 71.4 Å². The lowest BCUT2D eigenvalue weighted by Gasteiger charge is -2.25. The fraction of sp³-hybridized carbons (Fsp3) is 0.609. The largest absolute Gasteiger partial charge is 0.490 e.